The first-order valence-electron chi connectivity index (χ1n) is 3.49. The number of rotatable bonds is 2. The molecule has 3 heteroatoms. The summed E-state index contributed by atoms with van der Waals surface area (Å²) in [4.78, 5) is 0. The van der Waals surface area contributed by atoms with Gasteiger partial charge in [-0.1, -0.05) is 23.7 Å². The maximum absolute atomic E-state index is 13.1. The van der Waals surface area contributed by atoms with Gasteiger partial charge in [-0.15, -0.1) is 6.58 Å². The molecule has 1 aromatic carbocycles. The molecule has 12 heavy (non-hydrogen) atoms. The molecule has 0 aromatic heterocycles. The summed E-state index contributed by atoms with van der Waals surface area (Å²) >= 11 is 5.74. The van der Waals surface area contributed by atoms with Gasteiger partial charge in [-0.05, 0) is 12.1 Å². The number of hydrogen-bond acceptors (Lipinski definition) is 1. The van der Waals surface area contributed by atoms with Crippen molar-refractivity contribution in [3.05, 3.63) is 47.3 Å². The van der Waals surface area contributed by atoms with Crippen LogP contribution in [0.2, 0.25) is 5.02 Å². The molecule has 1 nitrogen and oxygen atoms in total. The molecule has 2 N–H and O–H groups in total. The Kier molecular flexibility index (Phi) is 2.84. The normalized spacial score (nSPS) is 12.6. The van der Waals surface area contributed by atoms with Crippen LogP contribution in [0, 0.1) is 5.82 Å². The molecule has 0 bridgehead atoms. The Morgan fingerprint density at radius 2 is 2.25 bits per heavy atom. The van der Waals surface area contributed by atoms with Crippen molar-refractivity contribution in [2.75, 3.05) is 0 Å². The number of nitrogens with two attached hydrogens (primary N) is 1. The highest BCUT2D eigenvalue weighted by molar-refractivity contribution is 6.31. The van der Waals surface area contributed by atoms with Gasteiger partial charge < -0.3 is 5.73 Å². The van der Waals surface area contributed by atoms with Crippen molar-refractivity contribution in [2.45, 2.75) is 6.04 Å². The van der Waals surface area contributed by atoms with E-state index in [0.717, 1.165) is 0 Å². The van der Waals surface area contributed by atoms with E-state index in [9.17, 15) is 4.39 Å². The molecule has 0 radical (unpaired) electrons. The minimum atomic E-state index is -0.543. The summed E-state index contributed by atoms with van der Waals surface area (Å²) in [5, 5.41) is 0.336. The highest BCUT2D eigenvalue weighted by Gasteiger charge is 2.11. The van der Waals surface area contributed by atoms with E-state index >= 15 is 0 Å². The lowest BCUT2D eigenvalue weighted by Gasteiger charge is -2.09. The Bertz CT molecular complexity index is 278. The van der Waals surface area contributed by atoms with Crippen LogP contribution in [0.25, 0.3) is 0 Å². The van der Waals surface area contributed by atoms with Crippen LogP contribution in [0.5, 0.6) is 0 Å². The van der Waals surface area contributed by atoms with Crippen molar-refractivity contribution < 1.29 is 4.39 Å². The molecule has 0 saturated heterocycles. The average Bonchev–Trinajstić information content (AvgIpc) is 2.03. The summed E-state index contributed by atoms with van der Waals surface area (Å²) in [5.41, 5.74) is 5.85. The van der Waals surface area contributed by atoms with Gasteiger partial charge in [-0.2, -0.15) is 0 Å². The van der Waals surface area contributed by atoms with Crippen LogP contribution in [0.3, 0.4) is 0 Å². The number of halogens is 2. The molecule has 1 aromatic rings. The zero-order valence-electron chi connectivity index (χ0n) is 6.43. The molecule has 0 spiro atoms. The van der Waals surface area contributed by atoms with Crippen molar-refractivity contribution >= 4 is 11.6 Å². The van der Waals surface area contributed by atoms with Crippen LogP contribution in [0.15, 0.2) is 30.9 Å². The van der Waals surface area contributed by atoms with Gasteiger partial charge in [0.2, 0.25) is 0 Å². The van der Waals surface area contributed by atoms with E-state index < -0.39 is 11.9 Å². The molecule has 0 aliphatic carbocycles. The predicted molar refractivity (Wildman–Crippen MR) is 48.5 cm³/mol. The van der Waals surface area contributed by atoms with Crippen LogP contribution in [-0.2, 0) is 0 Å². The standard InChI is InChI=1S/C9H9ClFN/c1-2-8(12)9-6(10)4-3-5-7(9)11/h2-5,8H,1,12H2. The first-order chi connectivity index (χ1) is 5.66. The van der Waals surface area contributed by atoms with Gasteiger partial charge in [0.15, 0.2) is 0 Å². The van der Waals surface area contributed by atoms with Gasteiger partial charge >= 0.3 is 0 Å². The van der Waals surface area contributed by atoms with Crippen LogP contribution in [0.1, 0.15) is 11.6 Å². The summed E-state index contributed by atoms with van der Waals surface area (Å²) in [5.74, 6) is -0.394. The topological polar surface area (TPSA) is 26.0 Å². The van der Waals surface area contributed by atoms with Crippen LogP contribution >= 0.6 is 11.6 Å². The molecule has 0 fully saturated rings. The Balaban J connectivity index is 3.20. The van der Waals surface area contributed by atoms with E-state index in [0.29, 0.717) is 10.6 Å². The molecular weight excluding hydrogens is 177 g/mol. The molecule has 1 rings (SSSR count). The van der Waals surface area contributed by atoms with Gasteiger partial charge in [0.25, 0.3) is 0 Å². The number of benzene rings is 1. The Morgan fingerprint density at radius 1 is 1.58 bits per heavy atom. The summed E-state index contributed by atoms with van der Waals surface area (Å²) in [6, 6.07) is 3.92. The second kappa shape index (κ2) is 3.70. The zero-order chi connectivity index (χ0) is 9.14. The largest absolute Gasteiger partial charge is 0.321 e. The van der Waals surface area contributed by atoms with Gasteiger partial charge in [0.05, 0.1) is 6.04 Å². The lowest BCUT2D eigenvalue weighted by molar-refractivity contribution is 0.602. The van der Waals surface area contributed by atoms with Crippen molar-refractivity contribution in [3.63, 3.8) is 0 Å². The van der Waals surface area contributed by atoms with E-state index in [1.165, 1.54) is 18.2 Å². The van der Waals surface area contributed by atoms with E-state index in [1.807, 2.05) is 0 Å². The first kappa shape index (κ1) is 9.23. The highest BCUT2D eigenvalue weighted by atomic mass is 35.5. The van der Waals surface area contributed by atoms with Crippen molar-refractivity contribution in [2.24, 2.45) is 5.73 Å². The van der Waals surface area contributed by atoms with Crippen molar-refractivity contribution in [1.82, 2.24) is 0 Å². The average molecular weight is 186 g/mol. The molecule has 1 atom stereocenters. The molecule has 64 valence electrons. The molecule has 1 unspecified atom stereocenters. The lowest BCUT2D eigenvalue weighted by atomic mass is 10.1. The van der Waals surface area contributed by atoms with E-state index in [2.05, 4.69) is 6.58 Å². The summed E-state index contributed by atoms with van der Waals surface area (Å²) in [7, 11) is 0. The molecular formula is C9H9ClFN. The fourth-order valence-corrected chi connectivity index (χ4v) is 1.24. The van der Waals surface area contributed by atoms with E-state index in [1.54, 1.807) is 6.07 Å². The van der Waals surface area contributed by atoms with Gasteiger partial charge in [-0.3, -0.25) is 0 Å². The van der Waals surface area contributed by atoms with Crippen LogP contribution < -0.4 is 5.73 Å². The Morgan fingerprint density at radius 3 is 2.75 bits per heavy atom. The lowest BCUT2D eigenvalue weighted by Crippen LogP contribution is -2.09. The summed E-state index contributed by atoms with van der Waals surface area (Å²) in [6.07, 6.45) is 1.45. The van der Waals surface area contributed by atoms with Crippen molar-refractivity contribution in [3.8, 4) is 0 Å². The third-order valence-corrected chi connectivity index (χ3v) is 1.92. The highest BCUT2D eigenvalue weighted by Crippen LogP contribution is 2.24. The second-order valence-corrected chi connectivity index (χ2v) is 2.80. The fourth-order valence-electron chi connectivity index (χ4n) is 0.947. The monoisotopic (exact) mass is 185 g/mol. The third-order valence-electron chi connectivity index (χ3n) is 1.59. The predicted octanol–water partition coefficient (Wildman–Crippen LogP) is 2.66. The maximum Gasteiger partial charge on any atom is 0.129 e. The number of hydrogen-bond donors (Lipinski definition) is 1. The zero-order valence-corrected chi connectivity index (χ0v) is 7.18. The van der Waals surface area contributed by atoms with E-state index in [4.69, 9.17) is 17.3 Å². The SMILES string of the molecule is C=CC(N)c1c(F)cccc1Cl. The first-order valence-corrected chi connectivity index (χ1v) is 3.86. The molecule has 0 heterocycles. The van der Waals surface area contributed by atoms with Crippen molar-refractivity contribution in [1.29, 1.82) is 0 Å². The van der Waals surface area contributed by atoms with Gasteiger partial charge in [0.1, 0.15) is 5.82 Å². The maximum atomic E-state index is 13.1. The van der Waals surface area contributed by atoms with Crippen LogP contribution in [-0.4, -0.2) is 0 Å². The Labute approximate surface area is 75.6 Å². The third kappa shape index (κ3) is 1.65. The van der Waals surface area contributed by atoms with Crippen LogP contribution in [0.4, 0.5) is 4.39 Å². The molecule has 0 aliphatic rings. The summed E-state index contributed by atoms with van der Waals surface area (Å²) in [6.45, 7) is 3.47. The molecule has 0 saturated carbocycles. The van der Waals surface area contributed by atoms with E-state index in [-0.39, 0.29) is 0 Å². The fraction of sp³-hybridized carbons (Fsp3) is 0.111. The van der Waals surface area contributed by atoms with Gasteiger partial charge in [-0.25, -0.2) is 4.39 Å². The minimum absolute atomic E-state index is 0.300. The van der Waals surface area contributed by atoms with Gasteiger partial charge in [0, 0.05) is 10.6 Å². The summed E-state index contributed by atoms with van der Waals surface area (Å²) < 4.78 is 13.1. The quantitative estimate of drug-likeness (QED) is 0.705. The molecule has 0 amide bonds. The second-order valence-electron chi connectivity index (χ2n) is 2.40. The smallest absolute Gasteiger partial charge is 0.129 e. The Hall–Kier alpha value is -0.860. The minimum Gasteiger partial charge on any atom is -0.321 e. The molecule has 0 aliphatic heterocycles.